The SMILES string of the molecule is CC(C)(C)CC(=O)Nc1cncc(-c2cc3c(-c4cc5c(-c6ccncc6)cccc5[nH]4)n[nH]c3cn2)c1. The molecule has 188 valence electrons. The second-order valence-corrected chi connectivity index (χ2v) is 10.6. The van der Waals surface area contributed by atoms with Crippen LogP contribution in [0.1, 0.15) is 27.2 Å². The maximum absolute atomic E-state index is 12.4. The van der Waals surface area contributed by atoms with Gasteiger partial charge in [-0.05, 0) is 52.9 Å². The van der Waals surface area contributed by atoms with Crippen LogP contribution in [0.4, 0.5) is 5.69 Å². The number of fused-ring (bicyclic) bond motifs is 2. The van der Waals surface area contributed by atoms with Crippen LogP contribution in [0.25, 0.3) is 55.6 Å². The van der Waals surface area contributed by atoms with Crippen molar-refractivity contribution in [1.29, 1.82) is 0 Å². The molecule has 0 saturated carbocycles. The summed E-state index contributed by atoms with van der Waals surface area (Å²) in [7, 11) is 0. The van der Waals surface area contributed by atoms with Crippen LogP contribution in [0.15, 0.2) is 79.5 Å². The Labute approximate surface area is 219 Å². The zero-order chi connectivity index (χ0) is 26.3. The smallest absolute Gasteiger partial charge is 0.224 e. The van der Waals surface area contributed by atoms with Crippen LogP contribution < -0.4 is 5.32 Å². The van der Waals surface area contributed by atoms with Crippen molar-refractivity contribution in [3.05, 3.63) is 79.5 Å². The largest absolute Gasteiger partial charge is 0.353 e. The molecule has 3 N–H and O–H groups in total. The molecule has 5 heterocycles. The molecule has 0 bridgehead atoms. The molecule has 0 unspecified atom stereocenters. The molecule has 0 aliphatic carbocycles. The molecule has 0 fully saturated rings. The van der Waals surface area contributed by atoms with Crippen LogP contribution in [0.2, 0.25) is 0 Å². The number of carbonyl (C=O) groups excluding carboxylic acids is 1. The normalized spacial score (nSPS) is 11.8. The van der Waals surface area contributed by atoms with E-state index in [0.717, 1.165) is 55.6 Å². The first-order valence-electron chi connectivity index (χ1n) is 12.5. The molecule has 6 rings (SSSR count). The van der Waals surface area contributed by atoms with Crippen molar-refractivity contribution in [2.45, 2.75) is 27.2 Å². The quantitative estimate of drug-likeness (QED) is 0.246. The van der Waals surface area contributed by atoms with E-state index in [-0.39, 0.29) is 11.3 Å². The lowest BCUT2D eigenvalue weighted by Crippen LogP contribution is -2.19. The van der Waals surface area contributed by atoms with E-state index in [1.165, 1.54) is 0 Å². The average molecular weight is 502 g/mol. The van der Waals surface area contributed by atoms with E-state index in [2.05, 4.69) is 53.6 Å². The summed E-state index contributed by atoms with van der Waals surface area (Å²) in [5.41, 5.74) is 7.92. The number of rotatable bonds is 5. The van der Waals surface area contributed by atoms with Gasteiger partial charge in [-0.25, -0.2) is 0 Å². The Bertz CT molecular complexity index is 1780. The molecule has 8 nitrogen and oxygen atoms in total. The predicted molar refractivity (Wildman–Crippen MR) is 150 cm³/mol. The zero-order valence-corrected chi connectivity index (χ0v) is 21.4. The third-order valence-corrected chi connectivity index (χ3v) is 6.37. The van der Waals surface area contributed by atoms with E-state index < -0.39 is 0 Å². The second kappa shape index (κ2) is 9.23. The van der Waals surface area contributed by atoms with Gasteiger partial charge in [-0.3, -0.25) is 24.8 Å². The first-order valence-corrected chi connectivity index (χ1v) is 12.5. The van der Waals surface area contributed by atoms with Crippen LogP contribution in [0.5, 0.6) is 0 Å². The number of anilines is 1. The van der Waals surface area contributed by atoms with Crippen molar-refractivity contribution in [2.75, 3.05) is 5.32 Å². The second-order valence-electron chi connectivity index (χ2n) is 10.6. The fraction of sp³-hybridized carbons (Fsp3) is 0.167. The molecule has 38 heavy (non-hydrogen) atoms. The summed E-state index contributed by atoms with van der Waals surface area (Å²) in [5.74, 6) is -0.0399. The Hall–Kier alpha value is -4.85. The fourth-order valence-electron chi connectivity index (χ4n) is 4.68. The number of nitrogens with zero attached hydrogens (tertiary/aromatic N) is 4. The van der Waals surface area contributed by atoms with Gasteiger partial charge in [-0.1, -0.05) is 32.9 Å². The fourth-order valence-corrected chi connectivity index (χ4v) is 4.68. The van der Waals surface area contributed by atoms with E-state index in [1.807, 2.05) is 51.1 Å². The van der Waals surface area contributed by atoms with Crippen LogP contribution in [-0.4, -0.2) is 36.0 Å². The summed E-state index contributed by atoms with van der Waals surface area (Å²) in [6, 6.07) is 16.3. The monoisotopic (exact) mass is 501 g/mol. The van der Waals surface area contributed by atoms with E-state index in [9.17, 15) is 4.79 Å². The number of benzene rings is 1. The molecule has 6 aromatic rings. The van der Waals surface area contributed by atoms with Gasteiger partial charge < -0.3 is 10.3 Å². The minimum absolute atomic E-state index is 0.0399. The molecule has 5 aromatic heterocycles. The third kappa shape index (κ3) is 4.64. The summed E-state index contributed by atoms with van der Waals surface area (Å²) in [6.45, 7) is 6.11. The Balaban J connectivity index is 1.36. The summed E-state index contributed by atoms with van der Waals surface area (Å²) in [4.78, 5) is 29.1. The van der Waals surface area contributed by atoms with Crippen molar-refractivity contribution >= 4 is 33.4 Å². The Morgan fingerprint density at radius 3 is 2.55 bits per heavy atom. The number of amides is 1. The molecule has 0 aliphatic heterocycles. The predicted octanol–water partition coefficient (Wildman–Crippen LogP) is 6.60. The van der Waals surface area contributed by atoms with E-state index >= 15 is 0 Å². The Morgan fingerprint density at radius 2 is 1.74 bits per heavy atom. The molecule has 1 aromatic carbocycles. The average Bonchev–Trinajstić information content (AvgIpc) is 3.51. The molecule has 0 atom stereocenters. The molecule has 1 amide bonds. The topological polar surface area (TPSA) is 112 Å². The van der Waals surface area contributed by atoms with Gasteiger partial charge >= 0.3 is 0 Å². The van der Waals surface area contributed by atoms with E-state index in [1.54, 1.807) is 31.0 Å². The molecule has 0 saturated heterocycles. The highest BCUT2D eigenvalue weighted by molar-refractivity contribution is 6.01. The van der Waals surface area contributed by atoms with Crippen LogP contribution in [0, 0.1) is 5.41 Å². The first kappa shape index (κ1) is 23.5. The van der Waals surface area contributed by atoms with Gasteiger partial charge in [0, 0.05) is 46.9 Å². The van der Waals surface area contributed by atoms with Crippen molar-refractivity contribution < 1.29 is 4.79 Å². The highest BCUT2D eigenvalue weighted by Gasteiger charge is 2.17. The van der Waals surface area contributed by atoms with Gasteiger partial charge in [0.25, 0.3) is 0 Å². The minimum atomic E-state index is -0.0961. The summed E-state index contributed by atoms with van der Waals surface area (Å²) in [5, 5.41) is 12.7. The number of pyridine rings is 3. The van der Waals surface area contributed by atoms with Crippen molar-refractivity contribution in [3.8, 4) is 33.8 Å². The molecular formula is C30H27N7O. The van der Waals surface area contributed by atoms with E-state index in [4.69, 9.17) is 0 Å². The third-order valence-electron chi connectivity index (χ3n) is 6.37. The minimum Gasteiger partial charge on any atom is -0.353 e. The van der Waals surface area contributed by atoms with Gasteiger partial charge in [0.2, 0.25) is 5.91 Å². The maximum atomic E-state index is 12.4. The van der Waals surface area contributed by atoms with Gasteiger partial charge in [0.15, 0.2) is 0 Å². The van der Waals surface area contributed by atoms with Gasteiger partial charge in [-0.2, -0.15) is 5.10 Å². The van der Waals surface area contributed by atoms with Crippen LogP contribution >= 0.6 is 0 Å². The van der Waals surface area contributed by atoms with Crippen LogP contribution in [0.3, 0.4) is 0 Å². The highest BCUT2D eigenvalue weighted by atomic mass is 16.1. The lowest BCUT2D eigenvalue weighted by Gasteiger charge is -2.17. The number of hydrogen-bond donors (Lipinski definition) is 3. The van der Waals surface area contributed by atoms with Gasteiger partial charge in [-0.15, -0.1) is 0 Å². The summed E-state index contributed by atoms with van der Waals surface area (Å²) >= 11 is 0. The maximum Gasteiger partial charge on any atom is 0.224 e. The number of aromatic amines is 2. The highest BCUT2D eigenvalue weighted by Crippen LogP contribution is 2.34. The van der Waals surface area contributed by atoms with Crippen molar-refractivity contribution in [3.63, 3.8) is 0 Å². The van der Waals surface area contributed by atoms with Gasteiger partial charge in [0.1, 0.15) is 5.69 Å². The Kier molecular flexibility index (Phi) is 5.72. The number of carbonyl (C=O) groups is 1. The van der Waals surface area contributed by atoms with Crippen LogP contribution in [-0.2, 0) is 4.79 Å². The summed E-state index contributed by atoms with van der Waals surface area (Å²) in [6.07, 6.45) is 9.20. The van der Waals surface area contributed by atoms with E-state index in [0.29, 0.717) is 12.1 Å². The number of nitrogens with one attached hydrogen (secondary N) is 3. The standard InChI is InChI=1S/C30H27N7O/c1-30(2,3)14-28(38)34-20-11-19(15-32-16-20)25-13-23-27(17-33-25)36-37-29(23)26-12-22-21(5-4-6-24(22)35-26)18-7-9-31-10-8-18/h4-13,15-17,35H,14H2,1-3H3,(H,34,38)(H,36,37). The lowest BCUT2D eigenvalue weighted by atomic mass is 9.92. The molecule has 0 radical (unpaired) electrons. The number of H-pyrrole nitrogens is 2. The van der Waals surface area contributed by atoms with Crippen molar-refractivity contribution in [1.82, 2.24) is 30.1 Å². The molecule has 0 spiro atoms. The number of aromatic nitrogens is 6. The number of hydrogen-bond acceptors (Lipinski definition) is 5. The molecular weight excluding hydrogens is 474 g/mol. The zero-order valence-electron chi connectivity index (χ0n) is 21.4. The molecule has 8 heteroatoms. The van der Waals surface area contributed by atoms with Gasteiger partial charge in [0.05, 0.1) is 35.0 Å². The Morgan fingerprint density at radius 1 is 0.895 bits per heavy atom. The first-order chi connectivity index (χ1) is 18.3. The lowest BCUT2D eigenvalue weighted by molar-refractivity contribution is -0.117. The van der Waals surface area contributed by atoms with Crippen molar-refractivity contribution in [2.24, 2.45) is 5.41 Å². The summed E-state index contributed by atoms with van der Waals surface area (Å²) < 4.78 is 0. The molecule has 0 aliphatic rings.